The number of rotatable bonds is 4. The highest BCUT2D eigenvalue weighted by Crippen LogP contribution is 2.25. The Labute approximate surface area is 111 Å². The monoisotopic (exact) mass is 269 g/mol. The maximum absolute atomic E-state index is 11.6. The van der Waals surface area contributed by atoms with Crippen LogP contribution in [0.4, 0.5) is 0 Å². The standard InChI is InChI=1S/C13H19NO5/c1-4-5-10(15)14-13(18)7(2)6-9-12(17)11(16)8(3)19-9/h4-5,8-9,11-12,16-17H,2,6H2,1,3H3,(H,14,15,18)/b5-4-/t8-,9+,11-,12+/m1/s1. The summed E-state index contributed by atoms with van der Waals surface area (Å²) in [6.07, 6.45) is -0.459. The molecule has 0 unspecified atom stereocenters. The van der Waals surface area contributed by atoms with Crippen LogP contribution in [-0.4, -0.2) is 46.4 Å². The average molecular weight is 269 g/mol. The van der Waals surface area contributed by atoms with Gasteiger partial charge in [0.2, 0.25) is 5.91 Å². The number of aliphatic hydroxyl groups is 2. The van der Waals surface area contributed by atoms with Crippen molar-refractivity contribution in [2.24, 2.45) is 0 Å². The Hall–Kier alpha value is -1.50. The minimum atomic E-state index is -1.06. The highest BCUT2D eigenvalue weighted by molar-refractivity contribution is 6.07. The molecule has 0 aliphatic carbocycles. The molecule has 1 aliphatic heterocycles. The highest BCUT2D eigenvalue weighted by atomic mass is 16.5. The second-order valence-electron chi connectivity index (χ2n) is 4.49. The maximum atomic E-state index is 11.6. The first kappa shape index (κ1) is 15.6. The molecule has 0 aromatic carbocycles. The quantitative estimate of drug-likeness (QED) is 0.607. The van der Waals surface area contributed by atoms with Crippen LogP contribution in [0.25, 0.3) is 0 Å². The van der Waals surface area contributed by atoms with E-state index < -0.39 is 36.2 Å². The van der Waals surface area contributed by atoms with Crippen LogP contribution in [0.2, 0.25) is 0 Å². The zero-order valence-corrected chi connectivity index (χ0v) is 11.0. The lowest BCUT2D eigenvalue weighted by atomic mass is 10.0. The van der Waals surface area contributed by atoms with Crippen molar-refractivity contribution in [1.29, 1.82) is 0 Å². The van der Waals surface area contributed by atoms with Gasteiger partial charge in [0.1, 0.15) is 12.2 Å². The van der Waals surface area contributed by atoms with E-state index in [-0.39, 0.29) is 12.0 Å². The SMILES string of the molecule is C=C(C[C@@H]1O[C@H](C)[C@@H](O)[C@H]1O)C(=O)NC(=O)/C=C\C. The minimum absolute atomic E-state index is 0.0531. The Morgan fingerprint density at radius 2 is 2.00 bits per heavy atom. The van der Waals surface area contributed by atoms with Crippen molar-refractivity contribution < 1.29 is 24.5 Å². The van der Waals surface area contributed by atoms with Crippen LogP contribution in [0.5, 0.6) is 0 Å². The van der Waals surface area contributed by atoms with Gasteiger partial charge in [0.15, 0.2) is 0 Å². The van der Waals surface area contributed by atoms with Gasteiger partial charge >= 0.3 is 0 Å². The minimum Gasteiger partial charge on any atom is -0.388 e. The van der Waals surface area contributed by atoms with Gasteiger partial charge in [-0.25, -0.2) is 0 Å². The Kier molecular flexibility index (Phi) is 5.41. The molecule has 3 N–H and O–H groups in total. The summed E-state index contributed by atoms with van der Waals surface area (Å²) in [5.41, 5.74) is 0.114. The zero-order chi connectivity index (χ0) is 14.6. The number of nitrogens with one attached hydrogen (secondary N) is 1. The number of hydrogen-bond acceptors (Lipinski definition) is 5. The number of aliphatic hydroxyl groups excluding tert-OH is 2. The second-order valence-corrected chi connectivity index (χ2v) is 4.49. The molecule has 1 aliphatic rings. The fourth-order valence-corrected chi connectivity index (χ4v) is 1.83. The molecule has 4 atom stereocenters. The summed E-state index contributed by atoms with van der Waals surface area (Å²) in [5, 5.41) is 21.4. The second kappa shape index (κ2) is 6.60. The van der Waals surface area contributed by atoms with Gasteiger partial charge in [0.05, 0.1) is 12.2 Å². The normalized spacial score (nSPS) is 30.5. The van der Waals surface area contributed by atoms with Gasteiger partial charge in [0, 0.05) is 12.0 Å². The van der Waals surface area contributed by atoms with Crippen LogP contribution >= 0.6 is 0 Å². The topological polar surface area (TPSA) is 95.9 Å². The summed E-state index contributed by atoms with van der Waals surface area (Å²) in [6, 6.07) is 0. The molecule has 2 amide bonds. The van der Waals surface area contributed by atoms with Crippen molar-refractivity contribution in [3.8, 4) is 0 Å². The highest BCUT2D eigenvalue weighted by Gasteiger charge is 2.40. The van der Waals surface area contributed by atoms with Gasteiger partial charge in [-0.2, -0.15) is 0 Å². The van der Waals surface area contributed by atoms with Crippen molar-refractivity contribution in [3.63, 3.8) is 0 Å². The van der Waals surface area contributed by atoms with Gasteiger partial charge in [-0.3, -0.25) is 14.9 Å². The molecule has 106 valence electrons. The molecule has 6 heteroatoms. The lowest BCUT2D eigenvalue weighted by molar-refractivity contribution is -0.126. The van der Waals surface area contributed by atoms with Crippen molar-refractivity contribution in [1.82, 2.24) is 5.32 Å². The van der Waals surface area contributed by atoms with E-state index in [0.717, 1.165) is 0 Å². The molecule has 1 heterocycles. The third-order valence-corrected chi connectivity index (χ3v) is 2.92. The van der Waals surface area contributed by atoms with Gasteiger partial charge in [-0.1, -0.05) is 12.7 Å². The number of carbonyl (C=O) groups is 2. The molecule has 0 saturated carbocycles. The van der Waals surface area contributed by atoms with E-state index in [0.29, 0.717) is 0 Å². The van der Waals surface area contributed by atoms with E-state index in [1.165, 1.54) is 12.2 Å². The van der Waals surface area contributed by atoms with Gasteiger partial charge in [-0.05, 0) is 19.9 Å². The van der Waals surface area contributed by atoms with Crippen molar-refractivity contribution in [3.05, 3.63) is 24.3 Å². The molecule has 0 bridgehead atoms. The molecule has 0 aromatic heterocycles. The predicted molar refractivity (Wildman–Crippen MR) is 68.1 cm³/mol. The first-order valence-electron chi connectivity index (χ1n) is 6.04. The number of hydrogen-bond donors (Lipinski definition) is 3. The third kappa shape index (κ3) is 3.99. The molecule has 1 saturated heterocycles. The largest absolute Gasteiger partial charge is 0.388 e. The Morgan fingerprint density at radius 3 is 2.47 bits per heavy atom. The van der Waals surface area contributed by atoms with Crippen LogP contribution < -0.4 is 5.32 Å². The summed E-state index contributed by atoms with van der Waals surface area (Å²) in [7, 11) is 0. The van der Waals surface area contributed by atoms with E-state index >= 15 is 0 Å². The van der Waals surface area contributed by atoms with Gasteiger partial charge in [0.25, 0.3) is 5.91 Å². The molecular formula is C13H19NO5. The lowest BCUT2D eigenvalue weighted by Gasteiger charge is -2.15. The van der Waals surface area contributed by atoms with Crippen molar-refractivity contribution >= 4 is 11.8 Å². The Bertz CT molecular complexity index is 404. The first-order valence-corrected chi connectivity index (χ1v) is 6.04. The van der Waals surface area contributed by atoms with E-state index in [4.69, 9.17) is 4.74 Å². The summed E-state index contributed by atoms with van der Waals surface area (Å²) >= 11 is 0. The molecule has 0 radical (unpaired) electrons. The number of ether oxygens (including phenoxy) is 1. The molecule has 1 fully saturated rings. The van der Waals surface area contributed by atoms with Crippen LogP contribution in [-0.2, 0) is 14.3 Å². The molecular weight excluding hydrogens is 250 g/mol. The summed E-state index contributed by atoms with van der Waals surface area (Å²) < 4.78 is 5.32. The predicted octanol–water partition coefficient (Wildman–Crippen LogP) is -0.339. The van der Waals surface area contributed by atoms with E-state index in [1.54, 1.807) is 13.8 Å². The molecule has 0 spiro atoms. The summed E-state index contributed by atoms with van der Waals surface area (Å²) in [5.74, 6) is -1.15. The Balaban J connectivity index is 2.51. The van der Waals surface area contributed by atoms with Crippen LogP contribution in [0, 0.1) is 0 Å². The number of allylic oxidation sites excluding steroid dienone is 1. The number of carbonyl (C=O) groups excluding carboxylic acids is 2. The summed E-state index contributed by atoms with van der Waals surface area (Å²) in [4.78, 5) is 22.8. The first-order chi connectivity index (χ1) is 8.86. The van der Waals surface area contributed by atoms with Crippen LogP contribution in [0.15, 0.2) is 24.3 Å². The van der Waals surface area contributed by atoms with E-state index in [9.17, 15) is 19.8 Å². The molecule has 6 nitrogen and oxygen atoms in total. The number of amides is 2. The van der Waals surface area contributed by atoms with Gasteiger partial charge < -0.3 is 14.9 Å². The zero-order valence-electron chi connectivity index (χ0n) is 11.0. The maximum Gasteiger partial charge on any atom is 0.253 e. The third-order valence-electron chi connectivity index (χ3n) is 2.92. The fourth-order valence-electron chi connectivity index (χ4n) is 1.83. The lowest BCUT2D eigenvalue weighted by Crippen LogP contribution is -2.34. The van der Waals surface area contributed by atoms with E-state index in [1.807, 2.05) is 0 Å². The molecule has 0 aromatic rings. The molecule has 19 heavy (non-hydrogen) atoms. The number of imide groups is 1. The van der Waals surface area contributed by atoms with Crippen LogP contribution in [0.3, 0.4) is 0 Å². The van der Waals surface area contributed by atoms with Gasteiger partial charge in [-0.15, -0.1) is 0 Å². The Morgan fingerprint density at radius 1 is 1.37 bits per heavy atom. The fraction of sp³-hybridized carbons (Fsp3) is 0.538. The smallest absolute Gasteiger partial charge is 0.253 e. The van der Waals surface area contributed by atoms with Crippen molar-refractivity contribution in [2.75, 3.05) is 0 Å². The van der Waals surface area contributed by atoms with Crippen LogP contribution in [0.1, 0.15) is 20.3 Å². The van der Waals surface area contributed by atoms with Crippen molar-refractivity contribution in [2.45, 2.75) is 44.7 Å². The summed E-state index contributed by atoms with van der Waals surface area (Å²) in [6.45, 7) is 6.84. The van der Waals surface area contributed by atoms with E-state index in [2.05, 4.69) is 11.9 Å². The average Bonchev–Trinajstić information content (AvgIpc) is 2.57. The molecule has 1 rings (SSSR count).